The molecule has 214 valence electrons. The molecule has 3 aromatic rings. The SMILES string of the molecule is C=C(C1CCCCC1)[C@@H](Nc1cc(-n2ccnc2)nc(NCCSC)n1)C(=O)NCc1ccc(C(F)(F)F)cc1. The van der Waals surface area contributed by atoms with Crippen LogP contribution in [0.2, 0.25) is 0 Å². The van der Waals surface area contributed by atoms with Crippen LogP contribution < -0.4 is 16.0 Å². The highest BCUT2D eigenvalue weighted by atomic mass is 32.2. The van der Waals surface area contributed by atoms with Gasteiger partial charge in [-0.3, -0.25) is 9.36 Å². The van der Waals surface area contributed by atoms with Crippen molar-refractivity contribution < 1.29 is 18.0 Å². The van der Waals surface area contributed by atoms with E-state index in [2.05, 4.69) is 37.5 Å². The van der Waals surface area contributed by atoms with Gasteiger partial charge in [0.1, 0.15) is 24.0 Å². The average molecular weight is 574 g/mol. The van der Waals surface area contributed by atoms with E-state index in [-0.39, 0.29) is 18.4 Å². The van der Waals surface area contributed by atoms with Crippen LogP contribution in [0.15, 0.2) is 61.2 Å². The first kappa shape index (κ1) is 29.4. The molecule has 1 aliphatic carbocycles. The Labute approximate surface area is 236 Å². The summed E-state index contributed by atoms with van der Waals surface area (Å²) in [6.07, 6.45) is 7.87. The molecule has 1 aromatic carbocycles. The molecule has 1 amide bonds. The number of imidazole rings is 1. The van der Waals surface area contributed by atoms with Gasteiger partial charge in [0.2, 0.25) is 11.9 Å². The minimum atomic E-state index is -4.41. The van der Waals surface area contributed by atoms with E-state index in [1.807, 2.05) is 6.26 Å². The molecule has 0 radical (unpaired) electrons. The van der Waals surface area contributed by atoms with E-state index >= 15 is 0 Å². The molecule has 3 N–H and O–H groups in total. The predicted molar refractivity (Wildman–Crippen MR) is 152 cm³/mol. The van der Waals surface area contributed by atoms with Crippen molar-refractivity contribution in [1.29, 1.82) is 0 Å². The van der Waals surface area contributed by atoms with Crippen LogP contribution in [0.25, 0.3) is 5.82 Å². The average Bonchev–Trinajstić information content (AvgIpc) is 3.50. The summed E-state index contributed by atoms with van der Waals surface area (Å²) >= 11 is 1.70. The zero-order valence-corrected chi connectivity index (χ0v) is 23.2. The molecule has 0 spiro atoms. The molecule has 1 saturated carbocycles. The number of thioether (sulfide) groups is 1. The summed E-state index contributed by atoms with van der Waals surface area (Å²) in [5.41, 5.74) is 0.601. The van der Waals surface area contributed by atoms with Crippen LogP contribution in [0, 0.1) is 5.92 Å². The number of anilines is 2. The largest absolute Gasteiger partial charge is 0.416 e. The normalized spacial score (nSPS) is 14.9. The second kappa shape index (κ2) is 13.7. The molecule has 2 heterocycles. The monoisotopic (exact) mass is 573 g/mol. The minimum Gasteiger partial charge on any atom is -0.355 e. The van der Waals surface area contributed by atoms with E-state index in [4.69, 9.17) is 0 Å². The fourth-order valence-electron chi connectivity index (χ4n) is 4.67. The third-order valence-corrected chi connectivity index (χ3v) is 7.49. The van der Waals surface area contributed by atoms with Crippen LogP contribution in [0.5, 0.6) is 0 Å². The lowest BCUT2D eigenvalue weighted by Gasteiger charge is -2.29. The maximum absolute atomic E-state index is 13.5. The Morgan fingerprint density at radius 1 is 1.18 bits per heavy atom. The first-order valence-electron chi connectivity index (χ1n) is 13.2. The molecule has 4 rings (SSSR count). The molecule has 2 aromatic heterocycles. The van der Waals surface area contributed by atoms with Gasteiger partial charge in [-0.1, -0.05) is 38.0 Å². The third-order valence-electron chi connectivity index (χ3n) is 6.87. The van der Waals surface area contributed by atoms with E-state index in [0.717, 1.165) is 55.6 Å². The summed E-state index contributed by atoms with van der Waals surface area (Å²) < 4.78 is 40.6. The molecule has 1 atom stereocenters. The maximum Gasteiger partial charge on any atom is 0.416 e. The van der Waals surface area contributed by atoms with Crippen LogP contribution in [-0.4, -0.2) is 50.0 Å². The lowest BCUT2D eigenvalue weighted by atomic mass is 9.81. The van der Waals surface area contributed by atoms with E-state index in [9.17, 15) is 18.0 Å². The van der Waals surface area contributed by atoms with Crippen molar-refractivity contribution >= 4 is 29.4 Å². The predicted octanol–water partition coefficient (Wildman–Crippen LogP) is 5.69. The molecule has 1 fully saturated rings. The number of rotatable bonds is 12. The fraction of sp³-hybridized carbons (Fsp3) is 0.429. The van der Waals surface area contributed by atoms with E-state index < -0.39 is 17.8 Å². The summed E-state index contributed by atoms with van der Waals surface area (Å²) in [6, 6.07) is 5.73. The first-order valence-corrected chi connectivity index (χ1v) is 14.6. The number of amides is 1. The van der Waals surface area contributed by atoms with E-state index in [0.29, 0.717) is 29.7 Å². The Kier molecular flexibility index (Phi) is 10.1. The summed E-state index contributed by atoms with van der Waals surface area (Å²) in [5.74, 6) is 2.16. The van der Waals surface area contributed by atoms with Crippen LogP contribution in [0.1, 0.15) is 43.2 Å². The lowest BCUT2D eigenvalue weighted by Crippen LogP contribution is -2.42. The molecule has 0 aliphatic heterocycles. The van der Waals surface area contributed by atoms with Gasteiger partial charge < -0.3 is 16.0 Å². The van der Waals surface area contributed by atoms with Crippen LogP contribution in [0.3, 0.4) is 0 Å². The summed E-state index contributed by atoms with van der Waals surface area (Å²) in [6.45, 7) is 5.07. The number of alkyl halides is 3. The number of hydrogen-bond donors (Lipinski definition) is 3. The summed E-state index contributed by atoms with van der Waals surface area (Å²) in [7, 11) is 0. The number of aromatic nitrogens is 4. The highest BCUT2D eigenvalue weighted by Crippen LogP contribution is 2.32. The zero-order chi connectivity index (χ0) is 28.5. The van der Waals surface area contributed by atoms with Gasteiger partial charge >= 0.3 is 6.18 Å². The van der Waals surface area contributed by atoms with Gasteiger partial charge in [-0.2, -0.15) is 34.9 Å². The van der Waals surface area contributed by atoms with Crippen molar-refractivity contribution in [2.24, 2.45) is 5.92 Å². The van der Waals surface area contributed by atoms with Gasteiger partial charge in [-0.05, 0) is 48.3 Å². The van der Waals surface area contributed by atoms with Crippen LogP contribution in [-0.2, 0) is 17.5 Å². The van der Waals surface area contributed by atoms with Crippen molar-refractivity contribution in [1.82, 2.24) is 24.8 Å². The first-order chi connectivity index (χ1) is 19.2. The molecule has 40 heavy (non-hydrogen) atoms. The second-order valence-corrected chi connectivity index (χ2v) is 10.7. The van der Waals surface area contributed by atoms with Gasteiger partial charge in [0.25, 0.3) is 0 Å². The van der Waals surface area contributed by atoms with E-state index in [1.54, 1.807) is 41.1 Å². The van der Waals surface area contributed by atoms with Gasteiger partial charge in [-0.15, -0.1) is 0 Å². The quantitative estimate of drug-likeness (QED) is 0.189. The lowest BCUT2D eigenvalue weighted by molar-refractivity contribution is -0.137. The van der Waals surface area contributed by atoms with Crippen molar-refractivity contribution in [2.75, 3.05) is 29.2 Å². The minimum absolute atomic E-state index is 0.0820. The number of carbonyl (C=O) groups is 1. The Morgan fingerprint density at radius 2 is 1.93 bits per heavy atom. The molecule has 12 heteroatoms. The number of halogens is 3. The highest BCUT2D eigenvalue weighted by Gasteiger charge is 2.31. The summed E-state index contributed by atoms with van der Waals surface area (Å²) in [5, 5.41) is 9.38. The summed E-state index contributed by atoms with van der Waals surface area (Å²) in [4.78, 5) is 26.8. The van der Waals surface area contributed by atoms with E-state index in [1.165, 1.54) is 12.1 Å². The van der Waals surface area contributed by atoms with Gasteiger partial charge in [0.05, 0.1) is 5.56 Å². The standard InChI is InChI=1S/C28H34F3N7OS/c1-19(21-6-4-3-5-7-21)25(26(39)34-17-20-8-10-22(11-9-20)28(29,30)31)35-23-16-24(38-14-12-32-18-38)37-27(36-23)33-13-15-40-2/h8-12,14,16,18,21,25H,1,3-7,13,15,17H2,2H3,(H,34,39)(H2,33,35,36,37)/t25-/m1/s1. The number of hydrogen-bond acceptors (Lipinski definition) is 7. The zero-order valence-electron chi connectivity index (χ0n) is 22.4. The van der Waals surface area contributed by atoms with Crippen LogP contribution in [0.4, 0.5) is 24.9 Å². The van der Waals surface area contributed by atoms with Gasteiger partial charge in [0.15, 0.2) is 0 Å². The third kappa shape index (κ3) is 8.00. The van der Waals surface area contributed by atoms with Gasteiger partial charge in [-0.25, -0.2) is 4.98 Å². The Morgan fingerprint density at radius 3 is 2.58 bits per heavy atom. The molecule has 0 saturated heterocycles. The number of nitrogens with zero attached hydrogens (tertiary/aromatic N) is 4. The molecule has 0 unspecified atom stereocenters. The molecule has 8 nitrogen and oxygen atoms in total. The number of benzene rings is 1. The number of carbonyl (C=O) groups excluding carboxylic acids is 1. The van der Waals surface area contributed by atoms with Crippen molar-refractivity contribution in [3.8, 4) is 5.82 Å². The van der Waals surface area contributed by atoms with Crippen molar-refractivity contribution in [2.45, 2.75) is 50.9 Å². The number of nitrogens with one attached hydrogen (secondary N) is 3. The molecular weight excluding hydrogens is 539 g/mol. The van der Waals surface area contributed by atoms with Crippen molar-refractivity contribution in [3.05, 3.63) is 72.3 Å². The molecular formula is C28H34F3N7OS. The van der Waals surface area contributed by atoms with Crippen molar-refractivity contribution in [3.63, 3.8) is 0 Å². The fourth-order valence-corrected chi connectivity index (χ4v) is 4.97. The Balaban J connectivity index is 1.56. The Hall–Kier alpha value is -3.54. The smallest absolute Gasteiger partial charge is 0.355 e. The topological polar surface area (TPSA) is 96.8 Å². The maximum atomic E-state index is 13.5. The molecule has 0 bridgehead atoms. The second-order valence-electron chi connectivity index (χ2n) is 9.72. The Bertz CT molecular complexity index is 1260. The molecule has 1 aliphatic rings. The van der Waals surface area contributed by atoms with Crippen LogP contribution >= 0.6 is 11.8 Å². The van der Waals surface area contributed by atoms with Gasteiger partial charge in [0, 0.05) is 37.3 Å². The highest BCUT2D eigenvalue weighted by molar-refractivity contribution is 7.98.